The molecule has 1 aromatic heterocycles. The lowest BCUT2D eigenvalue weighted by molar-refractivity contribution is 0.325. The average Bonchev–Trinajstić information content (AvgIpc) is 2.36. The molecule has 5 nitrogen and oxygen atoms in total. The van der Waals surface area contributed by atoms with Gasteiger partial charge in [-0.3, -0.25) is 4.98 Å². The molecule has 0 saturated carbocycles. The van der Waals surface area contributed by atoms with E-state index < -0.39 is 0 Å². The van der Waals surface area contributed by atoms with Crippen LogP contribution in [0.5, 0.6) is 5.88 Å². The molecular formula is C12H22N4O. The molecule has 1 heterocycles. The Hall–Kier alpha value is -1.36. The van der Waals surface area contributed by atoms with Crippen molar-refractivity contribution in [1.82, 2.24) is 9.97 Å². The average molecular weight is 238 g/mol. The fraction of sp³-hybridized carbons (Fsp3) is 0.667. The van der Waals surface area contributed by atoms with Crippen LogP contribution in [0.3, 0.4) is 0 Å². The molecule has 0 bridgehead atoms. The largest absolute Gasteiger partial charge is 0.477 e. The normalized spacial score (nSPS) is 12.2. The molecule has 1 rings (SSSR count). The summed E-state index contributed by atoms with van der Waals surface area (Å²) < 4.78 is 5.35. The van der Waals surface area contributed by atoms with Crippen molar-refractivity contribution in [2.75, 3.05) is 31.1 Å². The molecule has 0 saturated heterocycles. The summed E-state index contributed by atoms with van der Waals surface area (Å²) in [6, 6.07) is 0. The zero-order valence-electron chi connectivity index (χ0n) is 10.9. The number of nitrogens with two attached hydrogens (primary N) is 1. The quantitative estimate of drug-likeness (QED) is 0.775. The third-order valence-corrected chi connectivity index (χ3v) is 2.53. The van der Waals surface area contributed by atoms with Crippen LogP contribution in [-0.2, 0) is 0 Å². The second kappa shape index (κ2) is 7.06. The third kappa shape index (κ3) is 4.19. The van der Waals surface area contributed by atoms with Gasteiger partial charge in [-0.05, 0) is 26.3 Å². The van der Waals surface area contributed by atoms with Gasteiger partial charge in [0.25, 0.3) is 0 Å². The lowest BCUT2D eigenvalue weighted by atomic mass is 10.2. The van der Waals surface area contributed by atoms with Gasteiger partial charge in [-0.15, -0.1) is 0 Å². The number of hydrogen-bond acceptors (Lipinski definition) is 5. The predicted molar refractivity (Wildman–Crippen MR) is 69.3 cm³/mol. The van der Waals surface area contributed by atoms with Crippen LogP contribution in [0.1, 0.15) is 20.8 Å². The van der Waals surface area contributed by atoms with E-state index in [4.69, 9.17) is 10.5 Å². The first-order chi connectivity index (χ1) is 8.21. The van der Waals surface area contributed by atoms with Crippen molar-refractivity contribution in [2.45, 2.75) is 20.8 Å². The van der Waals surface area contributed by atoms with Gasteiger partial charge in [-0.2, -0.15) is 4.98 Å². The molecule has 2 N–H and O–H groups in total. The topological polar surface area (TPSA) is 64.3 Å². The van der Waals surface area contributed by atoms with Crippen LogP contribution in [0, 0.1) is 5.92 Å². The van der Waals surface area contributed by atoms with Crippen molar-refractivity contribution in [3.05, 3.63) is 12.4 Å². The molecule has 96 valence electrons. The van der Waals surface area contributed by atoms with Crippen molar-refractivity contribution in [3.63, 3.8) is 0 Å². The minimum Gasteiger partial charge on any atom is -0.477 e. The maximum atomic E-state index is 5.64. The lowest BCUT2D eigenvalue weighted by Gasteiger charge is -2.24. The van der Waals surface area contributed by atoms with E-state index in [1.807, 2.05) is 6.92 Å². The molecule has 1 atom stereocenters. The summed E-state index contributed by atoms with van der Waals surface area (Å²) in [5.41, 5.74) is 5.64. The molecule has 0 aromatic carbocycles. The number of rotatable bonds is 7. The van der Waals surface area contributed by atoms with Crippen molar-refractivity contribution in [1.29, 1.82) is 0 Å². The lowest BCUT2D eigenvalue weighted by Crippen LogP contribution is -2.32. The number of anilines is 1. The highest BCUT2D eigenvalue weighted by molar-refractivity contribution is 5.37. The monoisotopic (exact) mass is 238 g/mol. The molecular weight excluding hydrogens is 216 g/mol. The van der Waals surface area contributed by atoms with Crippen molar-refractivity contribution in [3.8, 4) is 5.88 Å². The van der Waals surface area contributed by atoms with Crippen molar-refractivity contribution in [2.24, 2.45) is 11.7 Å². The second-order valence-electron chi connectivity index (χ2n) is 4.03. The Morgan fingerprint density at radius 2 is 2.18 bits per heavy atom. The molecule has 5 heteroatoms. The van der Waals surface area contributed by atoms with E-state index in [1.54, 1.807) is 12.4 Å². The number of hydrogen-bond donors (Lipinski definition) is 1. The third-order valence-electron chi connectivity index (χ3n) is 2.53. The van der Waals surface area contributed by atoms with Crippen LogP contribution < -0.4 is 15.4 Å². The van der Waals surface area contributed by atoms with Gasteiger partial charge in [0.2, 0.25) is 5.88 Å². The molecule has 0 amide bonds. The molecule has 0 aliphatic carbocycles. The second-order valence-corrected chi connectivity index (χ2v) is 4.03. The fourth-order valence-corrected chi connectivity index (χ4v) is 1.54. The zero-order valence-corrected chi connectivity index (χ0v) is 10.9. The maximum absolute atomic E-state index is 5.64. The summed E-state index contributed by atoms with van der Waals surface area (Å²) in [6.45, 7) is 9.20. The van der Waals surface area contributed by atoms with Gasteiger partial charge in [-0.25, -0.2) is 0 Å². The maximum Gasteiger partial charge on any atom is 0.234 e. The summed E-state index contributed by atoms with van der Waals surface area (Å²) in [5, 5.41) is 0. The molecule has 0 spiro atoms. The fourth-order valence-electron chi connectivity index (χ4n) is 1.54. The predicted octanol–water partition coefficient (Wildman–Crippen LogP) is 1.30. The molecule has 1 aromatic rings. The van der Waals surface area contributed by atoms with Crippen LogP contribution in [0.25, 0.3) is 0 Å². The van der Waals surface area contributed by atoms with E-state index in [0.29, 0.717) is 24.9 Å². The first kappa shape index (κ1) is 13.7. The first-order valence-corrected chi connectivity index (χ1v) is 6.11. The van der Waals surface area contributed by atoms with E-state index >= 15 is 0 Å². The van der Waals surface area contributed by atoms with Crippen molar-refractivity contribution < 1.29 is 4.74 Å². The van der Waals surface area contributed by atoms with Crippen LogP contribution >= 0.6 is 0 Å². The Bertz CT molecular complexity index is 332. The highest BCUT2D eigenvalue weighted by Gasteiger charge is 2.10. The number of nitrogens with zero attached hydrogens (tertiary/aromatic N) is 3. The van der Waals surface area contributed by atoms with E-state index in [0.717, 1.165) is 18.9 Å². The van der Waals surface area contributed by atoms with Gasteiger partial charge in [-0.1, -0.05) is 6.92 Å². The van der Waals surface area contributed by atoms with Gasteiger partial charge >= 0.3 is 0 Å². The highest BCUT2D eigenvalue weighted by Crippen LogP contribution is 2.15. The molecule has 0 fully saturated rings. The van der Waals surface area contributed by atoms with Crippen LogP contribution in [0.4, 0.5) is 5.82 Å². The summed E-state index contributed by atoms with van der Waals surface area (Å²) in [5.74, 6) is 1.86. The summed E-state index contributed by atoms with van der Waals surface area (Å²) >= 11 is 0. The molecule has 0 radical (unpaired) electrons. The van der Waals surface area contributed by atoms with Crippen molar-refractivity contribution >= 4 is 5.82 Å². The Kier molecular flexibility index (Phi) is 5.69. The standard InChI is InChI=1S/C12H22N4O/c1-4-16(9-10(3)6-13)11-7-14-8-12(15-11)17-5-2/h7-8,10H,4-6,9,13H2,1-3H3. The van der Waals surface area contributed by atoms with Gasteiger partial charge in [0, 0.05) is 13.1 Å². The first-order valence-electron chi connectivity index (χ1n) is 6.11. The van der Waals surface area contributed by atoms with Gasteiger partial charge < -0.3 is 15.4 Å². The van der Waals surface area contributed by atoms with Crippen LogP contribution in [0.2, 0.25) is 0 Å². The Morgan fingerprint density at radius 1 is 1.41 bits per heavy atom. The smallest absolute Gasteiger partial charge is 0.234 e. The van der Waals surface area contributed by atoms with E-state index in [-0.39, 0.29) is 0 Å². The molecule has 1 unspecified atom stereocenters. The Labute approximate surface area is 103 Å². The van der Waals surface area contributed by atoms with E-state index in [2.05, 4.69) is 28.7 Å². The number of aromatic nitrogens is 2. The van der Waals surface area contributed by atoms with Gasteiger partial charge in [0.1, 0.15) is 0 Å². The van der Waals surface area contributed by atoms with Gasteiger partial charge in [0.05, 0.1) is 19.0 Å². The van der Waals surface area contributed by atoms with E-state index in [9.17, 15) is 0 Å². The number of ether oxygens (including phenoxy) is 1. The summed E-state index contributed by atoms with van der Waals surface area (Å²) in [6.07, 6.45) is 3.39. The molecule has 17 heavy (non-hydrogen) atoms. The minimum absolute atomic E-state index is 0.437. The Balaban J connectivity index is 2.76. The zero-order chi connectivity index (χ0) is 12.7. The van der Waals surface area contributed by atoms with Gasteiger partial charge in [0.15, 0.2) is 5.82 Å². The van der Waals surface area contributed by atoms with Crippen LogP contribution in [0.15, 0.2) is 12.4 Å². The van der Waals surface area contributed by atoms with E-state index in [1.165, 1.54) is 0 Å². The molecule has 0 aliphatic heterocycles. The summed E-state index contributed by atoms with van der Waals surface area (Å²) in [4.78, 5) is 10.7. The minimum atomic E-state index is 0.437. The molecule has 0 aliphatic rings. The Morgan fingerprint density at radius 3 is 2.76 bits per heavy atom. The highest BCUT2D eigenvalue weighted by atomic mass is 16.5. The van der Waals surface area contributed by atoms with Crippen LogP contribution in [-0.4, -0.2) is 36.2 Å². The SMILES string of the molecule is CCOc1cncc(N(CC)CC(C)CN)n1. The summed E-state index contributed by atoms with van der Waals surface area (Å²) in [7, 11) is 0.